The predicted octanol–water partition coefficient (Wildman–Crippen LogP) is 5.21. The molecule has 174 valence electrons. The van der Waals surface area contributed by atoms with Gasteiger partial charge >= 0.3 is 0 Å². The van der Waals surface area contributed by atoms with Gasteiger partial charge in [0.25, 0.3) is 6.43 Å². The summed E-state index contributed by atoms with van der Waals surface area (Å²) in [6, 6.07) is 14.5. The first-order chi connectivity index (χ1) is 16.3. The van der Waals surface area contributed by atoms with Crippen LogP contribution >= 0.6 is 0 Å². The number of fused-ring (bicyclic) bond motifs is 3. The number of rotatable bonds is 5. The largest absolute Gasteiger partial charge is 0.363 e. The summed E-state index contributed by atoms with van der Waals surface area (Å²) >= 11 is 0. The Morgan fingerprint density at radius 1 is 1.09 bits per heavy atom. The van der Waals surface area contributed by atoms with E-state index in [0.717, 1.165) is 17.3 Å². The predicted molar refractivity (Wildman–Crippen MR) is 122 cm³/mol. The fourth-order valence-corrected chi connectivity index (χ4v) is 4.45. The zero-order valence-corrected chi connectivity index (χ0v) is 18.5. The Kier molecular flexibility index (Phi) is 5.47. The lowest BCUT2D eigenvalue weighted by atomic mass is 10.0. The van der Waals surface area contributed by atoms with Crippen LogP contribution in [-0.4, -0.2) is 20.4 Å². The Morgan fingerprint density at radius 3 is 2.56 bits per heavy atom. The molecule has 2 N–H and O–H groups in total. The molecule has 0 saturated carbocycles. The van der Waals surface area contributed by atoms with Gasteiger partial charge in [0.1, 0.15) is 29.7 Å². The third kappa shape index (κ3) is 3.76. The Balaban J connectivity index is 1.59. The molecule has 0 radical (unpaired) electrons. The molecule has 2 atom stereocenters. The van der Waals surface area contributed by atoms with E-state index in [1.165, 1.54) is 12.1 Å². The highest BCUT2D eigenvalue weighted by Crippen LogP contribution is 2.35. The van der Waals surface area contributed by atoms with Gasteiger partial charge in [-0.1, -0.05) is 48.5 Å². The highest BCUT2D eigenvalue weighted by Gasteiger charge is 2.30. The van der Waals surface area contributed by atoms with Crippen molar-refractivity contribution >= 4 is 22.8 Å². The number of anilines is 1. The van der Waals surface area contributed by atoms with Crippen molar-refractivity contribution in [1.29, 1.82) is 0 Å². The molecule has 0 fully saturated rings. The number of benzene rings is 2. The molecule has 0 aliphatic carbocycles. The topological polar surface area (TPSA) is 71.8 Å². The maximum absolute atomic E-state index is 14.7. The first-order valence-electron chi connectivity index (χ1n) is 10.9. The van der Waals surface area contributed by atoms with E-state index >= 15 is 0 Å². The molecule has 0 bridgehead atoms. The quantitative estimate of drug-likeness (QED) is 0.425. The van der Waals surface area contributed by atoms with E-state index in [9.17, 15) is 18.0 Å². The van der Waals surface area contributed by atoms with Gasteiger partial charge in [-0.3, -0.25) is 4.79 Å². The van der Waals surface area contributed by atoms with Crippen molar-refractivity contribution in [3.05, 3.63) is 88.6 Å². The van der Waals surface area contributed by atoms with Gasteiger partial charge in [0.05, 0.1) is 23.0 Å². The SMILES string of the molecule is Cc1nc(N[C@H](C)c2cccc(C(F)F)c2F)c2cc3n(c2n1)CC(=O)NC3c1ccccc1. The molecule has 0 spiro atoms. The van der Waals surface area contributed by atoms with Gasteiger partial charge in [0, 0.05) is 11.3 Å². The number of amides is 1. The number of nitrogens with zero attached hydrogens (tertiary/aromatic N) is 3. The number of hydrogen-bond donors (Lipinski definition) is 2. The van der Waals surface area contributed by atoms with Crippen molar-refractivity contribution in [3.63, 3.8) is 0 Å². The number of aryl methyl sites for hydroxylation is 1. The van der Waals surface area contributed by atoms with Crippen LogP contribution in [-0.2, 0) is 11.3 Å². The molecular formula is C25H22F3N5O. The van der Waals surface area contributed by atoms with Crippen LogP contribution in [0, 0.1) is 12.7 Å². The molecule has 2 aromatic carbocycles. The number of carbonyl (C=O) groups is 1. The molecule has 34 heavy (non-hydrogen) atoms. The molecule has 3 heterocycles. The van der Waals surface area contributed by atoms with Crippen LogP contribution in [0.15, 0.2) is 54.6 Å². The maximum Gasteiger partial charge on any atom is 0.266 e. The van der Waals surface area contributed by atoms with Gasteiger partial charge < -0.3 is 15.2 Å². The second-order valence-corrected chi connectivity index (χ2v) is 8.34. The van der Waals surface area contributed by atoms with Gasteiger partial charge in [-0.05, 0) is 25.5 Å². The van der Waals surface area contributed by atoms with E-state index in [-0.39, 0.29) is 24.1 Å². The molecule has 1 amide bonds. The lowest BCUT2D eigenvalue weighted by Crippen LogP contribution is -2.38. The number of carbonyl (C=O) groups excluding carboxylic acids is 1. The molecule has 1 aliphatic heterocycles. The van der Waals surface area contributed by atoms with Gasteiger partial charge in [-0.25, -0.2) is 23.1 Å². The summed E-state index contributed by atoms with van der Waals surface area (Å²) in [7, 11) is 0. The van der Waals surface area contributed by atoms with Crippen LogP contribution in [0.25, 0.3) is 11.0 Å². The van der Waals surface area contributed by atoms with E-state index in [0.29, 0.717) is 22.7 Å². The van der Waals surface area contributed by atoms with E-state index in [1.54, 1.807) is 13.8 Å². The smallest absolute Gasteiger partial charge is 0.266 e. The fraction of sp³-hybridized carbons (Fsp3) is 0.240. The summed E-state index contributed by atoms with van der Waals surface area (Å²) in [5.41, 5.74) is 1.84. The fourth-order valence-electron chi connectivity index (χ4n) is 4.45. The second-order valence-electron chi connectivity index (χ2n) is 8.34. The summed E-state index contributed by atoms with van der Waals surface area (Å²) < 4.78 is 43.0. The van der Waals surface area contributed by atoms with E-state index < -0.39 is 23.8 Å². The molecule has 5 rings (SSSR count). The Labute approximate surface area is 193 Å². The standard InChI is InChI=1S/C25H22F3N5O/c1-13(16-9-6-10-17(21(16)26)23(27)28)29-24-18-11-19-22(15-7-4-3-5-8-15)32-20(34)12-33(19)25(18)31-14(2)30-24/h3-11,13,22-23H,12H2,1-2H3,(H,32,34)(H,29,30,31)/t13-,22?/m1/s1. The van der Waals surface area contributed by atoms with Crippen LogP contribution in [0.3, 0.4) is 0 Å². The minimum absolute atomic E-state index is 0.110. The van der Waals surface area contributed by atoms with Crippen molar-refractivity contribution in [2.75, 3.05) is 5.32 Å². The van der Waals surface area contributed by atoms with Crippen molar-refractivity contribution in [3.8, 4) is 0 Å². The summed E-state index contributed by atoms with van der Waals surface area (Å²) in [5, 5.41) is 6.86. The van der Waals surface area contributed by atoms with Crippen LogP contribution < -0.4 is 10.6 Å². The minimum Gasteiger partial charge on any atom is -0.363 e. The van der Waals surface area contributed by atoms with Gasteiger partial charge in [0.15, 0.2) is 0 Å². The summed E-state index contributed by atoms with van der Waals surface area (Å²) in [5.74, 6) is -0.163. The lowest BCUT2D eigenvalue weighted by Gasteiger charge is -2.26. The van der Waals surface area contributed by atoms with Crippen molar-refractivity contribution in [2.45, 2.75) is 38.9 Å². The number of aromatic nitrogens is 3. The van der Waals surface area contributed by atoms with Crippen molar-refractivity contribution < 1.29 is 18.0 Å². The first kappa shape index (κ1) is 21.9. The van der Waals surface area contributed by atoms with Gasteiger partial charge in [-0.2, -0.15) is 0 Å². The zero-order valence-electron chi connectivity index (χ0n) is 18.5. The second kappa shape index (κ2) is 8.48. The van der Waals surface area contributed by atoms with Crippen LogP contribution in [0.2, 0.25) is 0 Å². The van der Waals surface area contributed by atoms with Gasteiger partial charge in [-0.15, -0.1) is 0 Å². The minimum atomic E-state index is -2.90. The monoisotopic (exact) mass is 465 g/mol. The Morgan fingerprint density at radius 2 is 1.82 bits per heavy atom. The van der Waals surface area contributed by atoms with Gasteiger partial charge in [0.2, 0.25) is 5.91 Å². The molecular weight excluding hydrogens is 443 g/mol. The lowest BCUT2D eigenvalue weighted by molar-refractivity contribution is -0.123. The third-order valence-corrected chi connectivity index (χ3v) is 6.05. The van der Waals surface area contributed by atoms with Crippen LogP contribution in [0.1, 0.15) is 53.6 Å². The van der Waals surface area contributed by atoms with Crippen LogP contribution in [0.4, 0.5) is 19.0 Å². The third-order valence-electron chi connectivity index (χ3n) is 6.05. The van der Waals surface area contributed by atoms with Crippen molar-refractivity contribution in [1.82, 2.24) is 19.9 Å². The Bertz CT molecular complexity index is 1390. The van der Waals surface area contributed by atoms with E-state index in [1.807, 2.05) is 41.0 Å². The normalized spacial score (nSPS) is 16.4. The molecule has 4 aromatic rings. The zero-order chi connectivity index (χ0) is 24.0. The molecule has 1 aliphatic rings. The average Bonchev–Trinajstić information content (AvgIpc) is 3.17. The van der Waals surface area contributed by atoms with Crippen LogP contribution in [0.5, 0.6) is 0 Å². The molecule has 0 saturated heterocycles. The van der Waals surface area contributed by atoms with Crippen molar-refractivity contribution in [2.24, 2.45) is 0 Å². The summed E-state index contributed by atoms with van der Waals surface area (Å²) in [4.78, 5) is 21.6. The molecule has 6 nitrogen and oxygen atoms in total. The van der Waals surface area contributed by atoms with E-state index in [4.69, 9.17) is 0 Å². The average molecular weight is 465 g/mol. The summed E-state index contributed by atoms with van der Waals surface area (Å²) in [6.07, 6.45) is -2.90. The number of hydrogen-bond acceptors (Lipinski definition) is 4. The molecule has 1 unspecified atom stereocenters. The number of nitrogens with one attached hydrogen (secondary N) is 2. The number of alkyl halides is 2. The number of halogens is 3. The highest BCUT2D eigenvalue weighted by atomic mass is 19.3. The maximum atomic E-state index is 14.7. The summed E-state index contributed by atoms with van der Waals surface area (Å²) in [6.45, 7) is 3.52. The molecule has 9 heteroatoms. The highest BCUT2D eigenvalue weighted by molar-refractivity contribution is 5.91. The van der Waals surface area contributed by atoms with E-state index in [2.05, 4.69) is 20.6 Å². The first-order valence-corrected chi connectivity index (χ1v) is 10.9. The Hall–Kier alpha value is -3.88. The molecule has 2 aromatic heterocycles.